The van der Waals surface area contributed by atoms with E-state index in [4.69, 9.17) is 4.42 Å². The predicted octanol–water partition coefficient (Wildman–Crippen LogP) is 3.15. The van der Waals surface area contributed by atoms with Crippen LogP contribution < -0.4 is 0 Å². The van der Waals surface area contributed by atoms with Crippen molar-refractivity contribution in [1.29, 1.82) is 5.26 Å². The summed E-state index contributed by atoms with van der Waals surface area (Å²) >= 11 is 0. The lowest BCUT2D eigenvalue weighted by molar-refractivity contribution is -0.127. The zero-order chi connectivity index (χ0) is 18.5. The van der Waals surface area contributed by atoms with Gasteiger partial charge >= 0.3 is 0 Å². The number of benzene rings is 1. The number of aryl methyl sites for hydroxylation is 1. The molecule has 1 aliphatic heterocycles. The Labute approximate surface area is 151 Å². The number of amides is 1. The van der Waals surface area contributed by atoms with Crippen molar-refractivity contribution in [2.75, 3.05) is 26.2 Å². The molecule has 6 heteroatoms. The largest absolute Gasteiger partial charge is 0.462 e. The maximum absolute atomic E-state index is 13.1. The van der Waals surface area contributed by atoms with E-state index in [1.165, 1.54) is 18.2 Å². The molecular weight excluding hydrogens is 333 g/mol. The molecule has 1 unspecified atom stereocenters. The minimum Gasteiger partial charge on any atom is -0.462 e. The number of rotatable bonds is 4. The highest BCUT2D eigenvalue weighted by atomic mass is 19.1. The molecule has 1 fully saturated rings. The summed E-state index contributed by atoms with van der Waals surface area (Å²) in [6, 6.07) is 11.5. The molecule has 1 aromatic heterocycles. The number of carbonyl (C=O) groups is 1. The Hall–Kier alpha value is -2.91. The standard InChI is InChI=1S/C20H20FN3O2/c1-15-2-7-18(26-15)8-9-20(25)24-12-10-23(11-13-24)19(14-22)16-3-5-17(21)6-4-16/h2-9,19H,10-13H2,1H3/b9-8+. The Kier molecular flexibility index (Phi) is 5.49. The summed E-state index contributed by atoms with van der Waals surface area (Å²) in [5.74, 6) is 1.05. The minimum absolute atomic E-state index is 0.0750. The summed E-state index contributed by atoms with van der Waals surface area (Å²) in [7, 11) is 0. The molecule has 1 amide bonds. The van der Waals surface area contributed by atoms with Gasteiger partial charge in [0.05, 0.1) is 6.07 Å². The van der Waals surface area contributed by atoms with Crippen LogP contribution in [0.4, 0.5) is 4.39 Å². The summed E-state index contributed by atoms with van der Waals surface area (Å²) in [4.78, 5) is 16.1. The van der Waals surface area contributed by atoms with E-state index >= 15 is 0 Å². The zero-order valence-electron chi connectivity index (χ0n) is 14.6. The number of nitriles is 1. The molecular formula is C20H20FN3O2. The van der Waals surface area contributed by atoms with Gasteiger partial charge in [0.2, 0.25) is 5.91 Å². The van der Waals surface area contributed by atoms with Crippen molar-refractivity contribution in [3.05, 3.63) is 65.4 Å². The second kappa shape index (κ2) is 7.98. The van der Waals surface area contributed by atoms with Crippen LogP contribution in [0.15, 0.2) is 46.9 Å². The third kappa shape index (κ3) is 4.19. The van der Waals surface area contributed by atoms with Crippen LogP contribution in [-0.2, 0) is 4.79 Å². The first-order chi connectivity index (χ1) is 12.6. The minimum atomic E-state index is -0.436. The van der Waals surface area contributed by atoms with Crippen LogP contribution in [0.25, 0.3) is 6.08 Å². The van der Waals surface area contributed by atoms with Gasteiger partial charge in [0.15, 0.2) is 0 Å². The van der Waals surface area contributed by atoms with Crippen LogP contribution in [0.3, 0.4) is 0 Å². The van der Waals surface area contributed by atoms with E-state index in [0.717, 1.165) is 11.3 Å². The van der Waals surface area contributed by atoms with E-state index < -0.39 is 6.04 Å². The molecule has 26 heavy (non-hydrogen) atoms. The van der Waals surface area contributed by atoms with Crippen molar-refractivity contribution in [3.8, 4) is 6.07 Å². The number of halogens is 1. The number of nitrogens with zero attached hydrogens (tertiary/aromatic N) is 3. The summed E-state index contributed by atoms with van der Waals surface area (Å²) in [5, 5.41) is 9.50. The first-order valence-electron chi connectivity index (χ1n) is 8.49. The third-order valence-corrected chi connectivity index (χ3v) is 4.45. The lowest BCUT2D eigenvalue weighted by Gasteiger charge is -2.36. The Morgan fingerprint density at radius 2 is 1.88 bits per heavy atom. The van der Waals surface area contributed by atoms with Gasteiger partial charge in [0.1, 0.15) is 23.4 Å². The predicted molar refractivity (Wildman–Crippen MR) is 95.4 cm³/mol. The summed E-state index contributed by atoms with van der Waals surface area (Å²) < 4.78 is 18.5. The number of piperazine rings is 1. The molecule has 5 nitrogen and oxygen atoms in total. The second-order valence-corrected chi connectivity index (χ2v) is 6.23. The van der Waals surface area contributed by atoms with Crippen molar-refractivity contribution >= 4 is 12.0 Å². The molecule has 1 aliphatic rings. The molecule has 134 valence electrons. The van der Waals surface area contributed by atoms with Gasteiger partial charge in [-0.1, -0.05) is 12.1 Å². The van der Waals surface area contributed by atoms with Crippen molar-refractivity contribution < 1.29 is 13.6 Å². The second-order valence-electron chi connectivity index (χ2n) is 6.23. The van der Waals surface area contributed by atoms with Gasteiger partial charge in [-0.3, -0.25) is 9.69 Å². The molecule has 2 heterocycles. The normalized spacial score (nSPS) is 16.6. The number of hydrogen-bond donors (Lipinski definition) is 0. The van der Waals surface area contributed by atoms with Gasteiger partial charge in [-0.15, -0.1) is 0 Å². The van der Waals surface area contributed by atoms with Crippen molar-refractivity contribution in [2.45, 2.75) is 13.0 Å². The number of carbonyl (C=O) groups excluding carboxylic acids is 1. The van der Waals surface area contributed by atoms with Gasteiger partial charge in [0.25, 0.3) is 0 Å². The third-order valence-electron chi connectivity index (χ3n) is 4.45. The lowest BCUT2D eigenvalue weighted by Crippen LogP contribution is -2.49. The smallest absolute Gasteiger partial charge is 0.246 e. The van der Waals surface area contributed by atoms with E-state index in [1.54, 1.807) is 23.1 Å². The molecule has 0 aliphatic carbocycles. The Bertz CT molecular complexity index is 827. The average molecular weight is 353 g/mol. The van der Waals surface area contributed by atoms with E-state index in [0.29, 0.717) is 31.9 Å². The van der Waals surface area contributed by atoms with Gasteiger partial charge in [-0.05, 0) is 42.8 Å². The van der Waals surface area contributed by atoms with Crippen LogP contribution in [-0.4, -0.2) is 41.9 Å². The summed E-state index contributed by atoms with van der Waals surface area (Å²) in [6.45, 7) is 4.12. The Balaban J connectivity index is 1.57. The first kappa shape index (κ1) is 17.9. The van der Waals surface area contributed by atoms with Crippen molar-refractivity contribution in [2.24, 2.45) is 0 Å². The van der Waals surface area contributed by atoms with E-state index in [1.807, 2.05) is 24.0 Å². The molecule has 0 radical (unpaired) electrons. The molecule has 2 aromatic rings. The van der Waals surface area contributed by atoms with Crippen molar-refractivity contribution in [3.63, 3.8) is 0 Å². The topological polar surface area (TPSA) is 60.5 Å². The quantitative estimate of drug-likeness (QED) is 0.792. The van der Waals surface area contributed by atoms with Crippen LogP contribution in [0.5, 0.6) is 0 Å². The summed E-state index contributed by atoms with van der Waals surface area (Å²) in [6.07, 6.45) is 3.17. The van der Waals surface area contributed by atoms with E-state index in [2.05, 4.69) is 6.07 Å². The highest BCUT2D eigenvalue weighted by molar-refractivity contribution is 5.91. The molecule has 0 N–H and O–H groups in total. The fourth-order valence-electron chi connectivity index (χ4n) is 3.01. The van der Waals surface area contributed by atoms with Gasteiger partial charge < -0.3 is 9.32 Å². The average Bonchev–Trinajstić information content (AvgIpc) is 3.08. The molecule has 1 aromatic carbocycles. The van der Waals surface area contributed by atoms with Gasteiger partial charge in [-0.25, -0.2) is 4.39 Å². The number of furan rings is 1. The number of hydrogen-bond acceptors (Lipinski definition) is 4. The zero-order valence-corrected chi connectivity index (χ0v) is 14.6. The molecule has 3 rings (SSSR count). The van der Waals surface area contributed by atoms with Gasteiger partial charge in [0, 0.05) is 32.3 Å². The lowest BCUT2D eigenvalue weighted by atomic mass is 10.1. The SMILES string of the molecule is Cc1ccc(/C=C/C(=O)N2CCN(C(C#N)c3ccc(F)cc3)CC2)o1. The molecule has 0 saturated carbocycles. The van der Waals surface area contributed by atoms with E-state index in [9.17, 15) is 14.4 Å². The summed E-state index contributed by atoms with van der Waals surface area (Å²) in [5.41, 5.74) is 0.766. The highest BCUT2D eigenvalue weighted by Gasteiger charge is 2.26. The van der Waals surface area contributed by atoms with Crippen molar-refractivity contribution in [1.82, 2.24) is 9.80 Å². The highest BCUT2D eigenvalue weighted by Crippen LogP contribution is 2.22. The maximum Gasteiger partial charge on any atom is 0.246 e. The molecule has 0 spiro atoms. The van der Waals surface area contributed by atoms with Gasteiger partial charge in [-0.2, -0.15) is 5.26 Å². The molecule has 1 atom stereocenters. The fourth-order valence-corrected chi connectivity index (χ4v) is 3.01. The molecule has 1 saturated heterocycles. The van der Waals surface area contributed by atoms with E-state index in [-0.39, 0.29) is 11.7 Å². The van der Waals surface area contributed by atoms with Crippen LogP contribution in [0.2, 0.25) is 0 Å². The molecule has 0 bridgehead atoms. The monoisotopic (exact) mass is 353 g/mol. The Morgan fingerprint density at radius 3 is 2.46 bits per heavy atom. The van der Waals surface area contributed by atoms with Crippen LogP contribution in [0.1, 0.15) is 23.1 Å². The van der Waals surface area contributed by atoms with Crippen LogP contribution in [0, 0.1) is 24.1 Å². The maximum atomic E-state index is 13.1. The fraction of sp³-hybridized carbons (Fsp3) is 0.300. The Morgan fingerprint density at radius 1 is 1.19 bits per heavy atom. The first-order valence-corrected chi connectivity index (χ1v) is 8.49. The van der Waals surface area contributed by atoms with Crippen LogP contribution >= 0.6 is 0 Å².